The van der Waals surface area contributed by atoms with E-state index in [1.54, 1.807) is 0 Å². The summed E-state index contributed by atoms with van der Waals surface area (Å²) in [6.07, 6.45) is -0.0440. The third kappa shape index (κ3) is 5.32. The van der Waals surface area contributed by atoms with Crippen molar-refractivity contribution >= 4 is 0 Å². The average Bonchev–Trinajstić information content (AvgIpc) is 3.12. The van der Waals surface area contributed by atoms with E-state index in [1.807, 2.05) is 32.0 Å². The molecule has 0 radical (unpaired) electrons. The van der Waals surface area contributed by atoms with Gasteiger partial charge < -0.3 is 18.9 Å². The average molecular weight is 433 g/mol. The van der Waals surface area contributed by atoms with Crippen molar-refractivity contribution in [2.75, 3.05) is 13.2 Å². The van der Waals surface area contributed by atoms with Crippen LogP contribution in [0.3, 0.4) is 0 Å². The van der Waals surface area contributed by atoms with E-state index in [4.69, 9.17) is 18.9 Å². The molecule has 0 aromatic heterocycles. The predicted molar refractivity (Wildman–Crippen MR) is 127 cm³/mol. The summed E-state index contributed by atoms with van der Waals surface area (Å²) < 4.78 is 23.4. The zero-order valence-electron chi connectivity index (χ0n) is 19.6. The van der Waals surface area contributed by atoms with Crippen molar-refractivity contribution in [2.45, 2.75) is 53.1 Å². The molecule has 4 rings (SSSR count). The summed E-state index contributed by atoms with van der Waals surface area (Å²) in [7, 11) is 0. The zero-order valence-corrected chi connectivity index (χ0v) is 19.6. The van der Waals surface area contributed by atoms with Gasteiger partial charge in [0.15, 0.2) is 5.79 Å². The quantitative estimate of drug-likeness (QED) is 0.434. The Morgan fingerprint density at radius 3 is 2.31 bits per heavy atom. The standard InChI is InChI=1S/C28H32O4/c1-19-9-11-23(12-10-19)29-16-22-7-6-8-27(21(22)3)26-14-13-24(15-20(26)2)30-17-25-18-31-28(4,5)32-25/h6-15,25H,16-18H2,1-5H3/t25-/m0/s1. The Kier molecular flexibility index (Phi) is 6.54. The molecule has 1 aliphatic rings. The van der Waals surface area contributed by atoms with Gasteiger partial charge in [-0.2, -0.15) is 0 Å². The van der Waals surface area contributed by atoms with Gasteiger partial charge in [0.05, 0.1) is 6.61 Å². The maximum atomic E-state index is 6.02. The van der Waals surface area contributed by atoms with E-state index in [1.165, 1.54) is 33.4 Å². The summed E-state index contributed by atoms with van der Waals surface area (Å²) in [5, 5.41) is 0. The van der Waals surface area contributed by atoms with Crippen molar-refractivity contribution in [3.8, 4) is 22.6 Å². The lowest BCUT2D eigenvalue weighted by Crippen LogP contribution is -2.25. The molecule has 1 heterocycles. The minimum atomic E-state index is -0.528. The molecule has 0 amide bonds. The fraction of sp³-hybridized carbons (Fsp3) is 0.357. The largest absolute Gasteiger partial charge is 0.491 e. The normalized spacial score (nSPS) is 17.3. The van der Waals surface area contributed by atoms with Crippen LogP contribution in [0.25, 0.3) is 11.1 Å². The van der Waals surface area contributed by atoms with E-state index in [0.29, 0.717) is 19.8 Å². The van der Waals surface area contributed by atoms with Crippen LogP contribution >= 0.6 is 0 Å². The maximum absolute atomic E-state index is 6.02. The summed E-state index contributed by atoms with van der Waals surface area (Å²) in [5.74, 6) is 1.20. The third-order valence-electron chi connectivity index (χ3n) is 5.85. The van der Waals surface area contributed by atoms with Crippen LogP contribution in [0.1, 0.15) is 36.1 Å². The number of rotatable bonds is 7. The van der Waals surface area contributed by atoms with Crippen LogP contribution in [0.5, 0.6) is 11.5 Å². The van der Waals surface area contributed by atoms with E-state index in [9.17, 15) is 0 Å². The smallest absolute Gasteiger partial charge is 0.163 e. The molecular weight excluding hydrogens is 400 g/mol. The Morgan fingerprint density at radius 1 is 0.875 bits per heavy atom. The summed E-state index contributed by atoms with van der Waals surface area (Å²) in [5.41, 5.74) is 7.23. The molecular formula is C28H32O4. The highest BCUT2D eigenvalue weighted by atomic mass is 16.7. The van der Waals surface area contributed by atoms with Gasteiger partial charge in [-0.1, -0.05) is 42.0 Å². The van der Waals surface area contributed by atoms with Gasteiger partial charge in [-0.15, -0.1) is 0 Å². The van der Waals surface area contributed by atoms with Crippen molar-refractivity contribution in [3.63, 3.8) is 0 Å². The van der Waals surface area contributed by atoms with Gasteiger partial charge in [-0.05, 0) is 86.7 Å². The second-order valence-corrected chi connectivity index (χ2v) is 8.93. The van der Waals surface area contributed by atoms with E-state index >= 15 is 0 Å². The number of hydrogen-bond acceptors (Lipinski definition) is 4. The molecule has 1 fully saturated rings. The number of ether oxygens (including phenoxy) is 4. The van der Waals surface area contributed by atoms with Crippen LogP contribution < -0.4 is 9.47 Å². The van der Waals surface area contributed by atoms with E-state index in [-0.39, 0.29) is 6.10 Å². The number of benzene rings is 3. The molecule has 168 valence electrons. The van der Waals surface area contributed by atoms with Gasteiger partial charge in [0.1, 0.15) is 30.8 Å². The highest BCUT2D eigenvalue weighted by molar-refractivity contribution is 5.72. The van der Waals surface area contributed by atoms with Gasteiger partial charge in [-0.25, -0.2) is 0 Å². The lowest BCUT2D eigenvalue weighted by molar-refractivity contribution is -0.141. The van der Waals surface area contributed by atoms with Gasteiger partial charge in [0, 0.05) is 0 Å². The number of aryl methyl sites for hydroxylation is 2. The molecule has 3 aromatic carbocycles. The summed E-state index contributed by atoms with van der Waals surface area (Å²) in [6.45, 7) is 11.8. The van der Waals surface area contributed by atoms with E-state index in [2.05, 4.69) is 63.2 Å². The van der Waals surface area contributed by atoms with Gasteiger partial charge >= 0.3 is 0 Å². The SMILES string of the molecule is Cc1ccc(OCc2cccc(-c3ccc(OC[C@H]4COC(C)(C)O4)cc3C)c2C)cc1. The number of hydrogen-bond donors (Lipinski definition) is 0. The molecule has 32 heavy (non-hydrogen) atoms. The molecule has 1 atom stereocenters. The molecule has 0 N–H and O–H groups in total. The molecule has 0 saturated carbocycles. The molecule has 1 saturated heterocycles. The molecule has 0 spiro atoms. The molecule has 3 aromatic rings. The molecule has 4 nitrogen and oxygen atoms in total. The molecule has 4 heteroatoms. The maximum Gasteiger partial charge on any atom is 0.163 e. The Labute approximate surface area is 191 Å². The van der Waals surface area contributed by atoms with E-state index < -0.39 is 5.79 Å². The highest BCUT2D eigenvalue weighted by Gasteiger charge is 2.32. The third-order valence-corrected chi connectivity index (χ3v) is 5.85. The first-order chi connectivity index (χ1) is 15.3. The summed E-state index contributed by atoms with van der Waals surface area (Å²) in [4.78, 5) is 0. The molecule has 0 bridgehead atoms. The topological polar surface area (TPSA) is 36.9 Å². The first kappa shape index (κ1) is 22.4. The van der Waals surface area contributed by atoms with Gasteiger partial charge in [-0.3, -0.25) is 0 Å². The molecule has 0 aliphatic carbocycles. The predicted octanol–water partition coefficient (Wildman–Crippen LogP) is 6.39. The lowest BCUT2D eigenvalue weighted by Gasteiger charge is -2.18. The van der Waals surface area contributed by atoms with Crippen molar-refractivity contribution in [1.29, 1.82) is 0 Å². The first-order valence-electron chi connectivity index (χ1n) is 11.1. The van der Waals surface area contributed by atoms with Crippen LogP contribution in [0.15, 0.2) is 60.7 Å². The Morgan fingerprint density at radius 2 is 1.62 bits per heavy atom. The van der Waals surface area contributed by atoms with Crippen molar-refractivity contribution < 1.29 is 18.9 Å². The lowest BCUT2D eigenvalue weighted by atomic mass is 9.93. The molecule has 1 aliphatic heterocycles. The second-order valence-electron chi connectivity index (χ2n) is 8.93. The van der Waals surface area contributed by atoms with Crippen molar-refractivity contribution in [1.82, 2.24) is 0 Å². The van der Waals surface area contributed by atoms with Crippen molar-refractivity contribution in [3.05, 3.63) is 82.9 Å². The second kappa shape index (κ2) is 9.35. The summed E-state index contributed by atoms with van der Waals surface area (Å²) in [6, 6.07) is 20.8. The van der Waals surface area contributed by atoms with Crippen LogP contribution in [0.4, 0.5) is 0 Å². The zero-order chi connectivity index (χ0) is 22.7. The Hall–Kier alpha value is -2.82. The van der Waals surface area contributed by atoms with Crippen LogP contribution in [0, 0.1) is 20.8 Å². The Balaban J connectivity index is 1.44. The van der Waals surface area contributed by atoms with E-state index in [0.717, 1.165) is 11.5 Å². The minimum Gasteiger partial charge on any atom is -0.491 e. The van der Waals surface area contributed by atoms with Crippen LogP contribution in [-0.4, -0.2) is 25.1 Å². The highest BCUT2D eigenvalue weighted by Crippen LogP contribution is 2.32. The van der Waals surface area contributed by atoms with Gasteiger partial charge in [0.2, 0.25) is 0 Å². The Bertz CT molecular complexity index is 1070. The first-order valence-corrected chi connectivity index (χ1v) is 11.1. The fourth-order valence-electron chi connectivity index (χ4n) is 3.99. The van der Waals surface area contributed by atoms with Crippen LogP contribution in [-0.2, 0) is 16.1 Å². The van der Waals surface area contributed by atoms with Gasteiger partial charge in [0.25, 0.3) is 0 Å². The molecule has 0 unspecified atom stereocenters. The minimum absolute atomic E-state index is 0.0440. The fourth-order valence-corrected chi connectivity index (χ4v) is 3.99. The monoisotopic (exact) mass is 432 g/mol. The summed E-state index contributed by atoms with van der Waals surface area (Å²) >= 11 is 0. The van der Waals surface area contributed by atoms with Crippen LogP contribution in [0.2, 0.25) is 0 Å². The van der Waals surface area contributed by atoms with Crippen molar-refractivity contribution in [2.24, 2.45) is 0 Å².